The molecule has 3 amide bonds. The van der Waals surface area contributed by atoms with Crippen LogP contribution in [-0.4, -0.2) is 54.5 Å². The predicted molar refractivity (Wildman–Crippen MR) is 123 cm³/mol. The van der Waals surface area contributed by atoms with E-state index in [4.69, 9.17) is 16.3 Å². The first-order valence-corrected chi connectivity index (χ1v) is 11.1. The van der Waals surface area contributed by atoms with Crippen LogP contribution < -0.4 is 10.6 Å². The Morgan fingerprint density at radius 3 is 2.36 bits per heavy atom. The lowest BCUT2D eigenvalue weighted by atomic mass is 10.1. The molecule has 1 heterocycles. The number of nitrogens with one attached hydrogen (secondary N) is 2. The average molecular weight is 476 g/mol. The van der Waals surface area contributed by atoms with Crippen LogP contribution in [0.1, 0.15) is 46.5 Å². The van der Waals surface area contributed by atoms with Gasteiger partial charge in [0, 0.05) is 38.2 Å². The highest BCUT2D eigenvalue weighted by Crippen LogP contribution is 2.17. The van der Waals surface area contributed by atoms with E-state index in [0.29, 0.717) is 25.2 Å². The van der Waals surface area contributed by atoms with Crippen molar-refractivity contribution in [2.45, 2.75) is 39.0 Å². The van der Waals surface area contributed by atoms with Gasteiger partial charge in [0.1, 0.15) is 5.82 Å². The number of carbonyl (C=O) groups excluding carboxylic acids is 3. The fourth-order valence-electron chi connectivity index (χ4n) is 3.64. The number of carbonyl (C=O) groups is 3. The van der Waals surface area contributed by atoms with Gasteiger partial charge in [0.25, 0.3) is 11.8 Å². The molecule has 2 aromatic carbocycles. The molecule has 1 aliphatic rings. The Bertz CT molecular complexity index is 1010. The molecular formula is C24H27ClFN3O4. The third-order valence-corrected chi connectivity index (χ3v) is 5.52. The monoisotopic (exact) mass is 475 g/mol. The first-order chi connectivity index (χ1) is 15.7. The van der Waals surface area contributed by atoms with Crippen molar-refractivity contribution in [1.82, 2.24) is 15.5 Å². The summed E-state index contributed by atoms with van der Waals surface area (Å²) in [6.45, 7) is 5.44. The van der Waals surface area contributed by atoms with Gasteiger partial charge >= 0.3 is 0 Å². The molecule has 0 radical (unpaired) electrons. The molecule has 0 bridgehead atoms. The minimum absolute atomic E-state index is 0.00430. The van der Waals surface area contributed by atoms with Crippen molar-refractivity contribution in [3.05, 3.63) is 70.0 Å². The Hall–Kier alpha value is -2.97. The Morgan fingerprint density at radius 2 is 1.73 bits per heavy atom. The van der Waals surface area contributed by atoms with Crippen molar-refractivity contribution >= 4 is 29.3 Å². The van der Waals surface area contributed by atoms with E-state index in [1.54, 1.807) is 29.2 Å². The SMILES string of the molecule is CC1CN(C(=O)c2ccc(CNC(=O)CCNC(=O)c3ccc(F)cc3Cl)cc2)CC(C)O1. The molecular weight excluding hydrogens is 449 g/mol. The number of ether oxygens (including phenoxy) is 1. The maximum Gasteiger partial charge on any atom is 0.254 e. The Balaban J connectivity index is 1.42. The summed E-state index contributed by atoms with van der Waals surface area (Å²) in [5, 5.41) is 5.38. The van der Waals surface area contributed by atoms with Crippen molar-refractivity contribution in [2.75, 3.05) is 19.6 Å². The van der Waals surface area contributed by atoms with E-state index < -0.39 is 11.7 Å². The van der Waals surface area contributed by atoms with Gasteiger partial charge in [-0.1, -0.05) is 23.7 Å². The molecule has 7 nitrogen and oxygen atoms in total. The first-order valence-electron chi connectivity index (χ1n) is 10.8. The van der Waals surface area contributed by atoms with Crippen molar-refractivity contribution in [1.29, 1.82) is 0 Å². The summed E-state index contributed by atoms with van der Waals surface area (Å²) in [6.07, 6.45) is 0.0865. The van der Waals surface area contributed by atoms with E-state index in [1.165, 1.54) is 6.07 Å². The second-order valence-electron chi connectivity index (χ2n) is 8.07. The van der Waals surface area contributed by atoms with Gasteiger partial charge in [-0.05, 0) is 49.7 Å². The molecule has 176 valence electrons. The quantitative estimate of drug-likeness (QED) is 0.644. The highest BCUT2D eigenvalue weighted by atomic mass is 35.5. The van der Waals surface area contributed by atoms with Gasteiger partial charge in [-0.2, -0.15) is 0 Å². The summed E-state index contributed by atoms with van der Waals surface area (Å²) in [4.78, 5) is 38.7. The largest absolute Gasteiger partial charge is 0.372 e. The molecule has 2 unspecified atom stereocenters. The molecule has 0 saturated carbocycles. The van der Waals surface area contributed by atoms with Gasteiger partial charge in [-0.15, -0.1) is 0 Å². The minimum atomic E-state index is -0.529. The summed E-state index contributed by atoms with van der Waals surface area (Å²) in [5.41, 5.74) is 1.59. The van der Waals surface area contributed by atoms with Gasteiger partial charge in [0.2, 0.25) is 5.91 Å². The summed E-state index contributed by atoms with van der Waals surface area (Å²) in [7, 11) is 0. The summed E-state index contributed by atoms with van der Waals surface area (Å²) < 4.78 is 18.7. The van der Waals surface area contributed by atoms with Crippen LogP contribution in [0.4, 0.5) is 4.39 Å². The second kappa shape index (κ2) is 11.2. The zero-order chi connectivity index (χ0) is 24.0. The third-order valence-electron chi connectivity index (χ3n) is 5.21. The number of nitrogens with zero attached hydrogens (tertiary/aromatic N) is 1. The van der Waals surface area contributed by atoms with E-state index in [9.17, 15) is 18.8 Å². The van der Waals surface area contributed by atoms with E-state index in [-0.39, 0.29) is 47.6 Å². The van der Waals surface area contributed by atoms with Gasteiger partial charge < -0.3 is 20.3 Å². The highest BCUT2D eigenvalue weighted by Gasteiger charge is 2.26. The van der Waals surface area contributed by atoms with Crippen LogP contribution >= 0.6 is 11.6 Å². The third kappa shape index (κ3) is 7.00. The van der Waals surface area contributed by atoms with Gasteiger partial charge in [0.05, 0.1) is 22.8 Å². The second-order valence-corrected chi connectivity index (χ2v) is 8.48. The summed E-state index contributed by atoms with van der Waals surface area (Å²) >= 11 is 5.86. The maximum atomic E-state index is 13.1. The van der Waals surface area contributed by atoms with E-state index in [0.717, 1.165) is 17.7 Å². The highest BCUT2D eigenvalue weighted by molar-refractivity contribution is 6.33. The number of morpholine rings is 1. The molecule has 2 aromatic rings. The molecule has 2 atom stereocenters. The number of amides is 3. The molecule has 2 N–H and O–H groups in total. The molecule has 9 heteroatoms. The van der Waals surface area contributed by atoms with Crippen molar-refractivity contribution in [2.24, 2.45) is 0 Å². The fourth-order valence-corrected chi connectivity index (χ4v) is 3.89. The van der Waals surface area contributed by atoms with Crippen LogP contribution in [0, 0.1) is 5.82 Å². The van der Waals surface area contributed by atoms with E-state index in [2.05, 4.69) is 10.6 Å². The van der Waals surface area contributed by atoms with Crippen molar-refractivity contribution < 1.29 is 23.5 Å². The number of rotatable bonds is 7. The zero-order valence-corrected chi connectivity index (χ0v) is 19.3. The lowest BCUT2D eigenvalue weighted by Gasteiger charge is -2.35. The number of hydrogen-bond donors (Lipinski definition) is 2. The normalized spacial score (nSPS) is 18.0. The Kier molecular flexibility index (Phi) is 8.41. The lowest BCUT2D eigenvalue weighted by molar-refractivity contribution is -0.121. The molecule has 0 aromatic heterocycles. The number of hydrogen-bond acceptors (Lipinski definition) is 4. The molecule has 3 rings (SSSR count). The number of halogens is 2. The van der Waals surface area contributed by atoms with E-state index in [1.807, 2.05) is 13.8 Å². The lowest BCUT2D eigenvalue weighted by Crippen LogP contribution is -2.48. The van der Waals surface area contributed by atoms with Crippen LogP contribution in [0.25, 0.3) is 0 Å². The van der Waals surface area contributed by atoms with Gasteiger partial charge in [0.15, 0.2) is 0 Å². The molecule has 1 aliphatic heterocycles. The Morgan fingerprint density at radius 1 is 1.06 bits per heavy atom. The van der Waals surface area contributed by atoms with Crippen LogP contribution in [0.5, 0.6) is 0 Å². The molecule has 33 heavy (non-hydrogen) atoms. The molecule has 0 spiro atoms. The molecule has 0 aliphatic carbocycles. The van der Waals surface area contributed by atoms with Crippen LogP contribution in [0.2, 0.25) is 5.02 Å². The summed E-state index contributed by atoms with van der Waals surface area (Å²) in [5.74, 6) is -1.28. The average Bonchev–Trinajstić information content (AvgIpc) is 2.76. The first kappa shape index (κ1) is 24.7. The molecule has 1 fully saturated rings. The van der Waals surface area contributed by atoms with Gasteiger partial charge in [-0.3, -0.25) is 14.4 Å². The zero-order valence-electron chi connectivity index (χ0n) is 18.6. The standard InChI is InChI=1S/C24H27ClFN3O4/c1-15-13-29(14-16(2)33-15)24(32)18-5-3-17(4-6-18)12-28-22(30)9-10-27-23(31)20-8-7-19(26)11-21(20)25/h3-8,11,15-16H,9-10,12-14H2,1-2H3,(H,27,31)(H,28,30). The fraction of sp³-hybridized carbons (Fsp3) is 0.375. The van der Waals surface area contributed by atoms with Crippen molar-refractivity contribution in [3.63, 3.8) is 0 Å². The van der Waals surface area contributed by atoms with Crippen LogP contribution in [0.15, 0.2) is 42.5 Å². The minimum Gasteiger partial charge on any atom is -0.372 e. The van der Waals surface area contributed by atoms with Crippen LogP contribution in [0.3, 0.4) is 0 Å². The molecule has 1 saturated heterocycles. The number of benzene rings is 2. The van der Waals surface area contributed by atoms with Crippen LogP contribution in [-0.2, 0) is 16.1 Å². The van der Waals surface area contributed by atoms with E-state index >= 15 is 0 Å². The maximum absolute atomic E-state index is 13.1. The van der Waals surface area contributed by atoms with Gasteiger partial charge in [-0.25, -0.2) is 4.39 Å². The van der Waals surface area contributed by atoms with Crippen molar-refractivity contribution in [3.8, 4) is 0 Å². The smallest absolute Gasteiger partial charge is 0.254 e. The summed E-state index contributed by atoms with van der Waals surface area (Å²) in [6, 6.07) is 10.6. The predicted octanol–water partition coefficient (Wildman–Crippen LogP) is 3.16. The topological polar surface area (TPSA) is 87.7 Å². The Labute approximate surface area is 197 Å².